The van der Waals surface area contributed by atoms with E-state index in [4.69, 9.17) is 13.9 Å². The quantitative estimate of drug-likeness (QED) is 0.472. The van der Waals surface area contributed by atoms with E-state index in [1.54, 1.807) is 0 Å². The minimum absolute atomic E-state index is 0.0520. The van der Waals surface area contributed by atoms with Gasteiger partial charge in [-0.2, -0.15) is 0 Å². The molecule has 1 aliphatic rings. The molecule has 0 spiro atoms. The van der Waals surface area contributed by atoms with Gasteiger partial charge in [-0.15, -0.1) is 0 Å². The molecule has 1 atom stereocenters. The van der Waals surface area contributed by atoms with Crippen molar-refractivity contribution in [3.05, 3.63) is 29.3 Å². The highest BCUT2D eigenvalue weighted by atomic mass is 79.9. The zero-order chi connectivity index (χ0) is 17.5. The fourth-order valence-corrected chi connectivity index (χ4v) is 4.31. The number of rotatable bonds is 4. The lowest BCUT2D eigenvalue weighted by atomic mass is 10.1. The van der Waals surface area contributed by atoms with Crippen LogP contribution >= 0.6 is 15.9 Å². The van der Waals surface area contributed by atoms with E-state index in [0.717, 1.165) is 16.6 Å². The van der Waals surface area contributed by atoms with E-state index in [0.29, 0.717) is 6.61 Å². The number of benzene rings is 1. The van der Waals surface area contributed by atoms with Gasteiger partial charge in [-0.3, -0.25) is 0 Å². The summed E-state index contributed by atoms with van der Waals surface area (Å²) < 4.78 is 18.2. The molecule has 0 saturated carbocycles. The molecule has 3 nitrogen and oxygen atoms in total. The third kappa shape index (κ3) is 4.38. The second-order valence-electron chi connectivity index (χ2n) is 8.18. The van der Waals surface area contributed by atoms with Gasteiger partial charge in [0.25, 0.3) is 0 Å². The monoisotopic (exact) mass is 400 g/mol. The lowest BCUT2D eigenvalue weighted by molar-refractivity contribution is -0.180. The summed E-state index contributed by atoms with van der Waals surface area (Å²) in [6.45, 7) is 15.8. The molecular weight excluding hydrogens is 372 g/mol. The number of ether oxygens (including phenoxy) is 2. The average molecular weight is 401 g/mol. The van der Waals surface area contributed by atoms with Crippen molar-refractivity contribution in [1.29, 1.82) is 0 Å². The SMILES string of the molecule is CC1(C)OCc2cc([C@@H](CBr)O[Si](C)(C)C(C)(C)C)ccc2O1. The Balaban J connectivity index is 2.23. The van der Waals surface area contributed by atoms with Crippen molar-refractivity contribution >= 4 is 24.2 Å². The van der Waals surface area contributed by atoms with Gasteiger partial charge in [0.05, 0.1) is 12.7 Å². The van der Waals surface area contributed by atoms with Crippen molar-refractivity contribution in [2.24, 2.45) is 0 Å². The largest absolute Gasteiger partial charge is 0.463 e. The summed E-state index contributed by atoms with van der Waals surface area (Å²) in [6.07, 6.45) is 0.0520. The fourth-order valence-electron chi connectivity index (χ4n) is 2.28. The molecule has 1 aliphatic heterocycles. The van der Waals surface area contributed by atoms with Gasteiger partial charge in [-0.05, 0) is 35.8 Å². The second-order valence-corrected chi connectivity index (χ2v) is 13.6. The topological polar surface area (TPSA) is 27.7 Å². The highest BCUT2D eigenvalue weighted by Gasteiger charge is 2.39. The highest BCUT2D eigenvalue weighted by Crippen LogP contribution is 2.41. The Labute approximate surface area is 150 Å². The number of hydrogen-bond donors (Lipinski definition) is 0. The molecule has 0 unspecified atom stereocenters. The first kappa shape index (κ1) is 19.0. The maximum absolute atomic E-state index is 6.58. The lowest BCUT2D eigenvalue weighted by Crippen LogP contribution is -2.42. The van der Waals surface area contributed by atoms with Crippen LogP contribution in [-0.4, -0.2) is 19.4 Å². The van der Waals surface area contributed by atoms with Crippen molar-refractivity contribution in [3.8, 4) is 5.75 Å². The van der Waals surface area contributed by atoms with Gasteiger partial charge >= 0.3 is 0 Å². The van der Waals surface area contributed by atoms with Crippen LogP contribution in [-0.2, 0) is 15.8 Å². The number of fused-ring (bicyclic) bond motifs is 1. The van der Waals surface area contributed by atoms with Crippen molar-refractivity contribution in [2.75, 3.05) is 5.33 Å². The first-order valence-corrected chi connectivity index (χ1v) is 12.2. The number of alkyl halides is 1. The Morgan fingerprint density at radius 1 is 1.30 bits per heavy atom. The molecule has 1 aromatic rings. The molecule has 1 aromatic carbocycles. The summed E-state index contributed by atoms with van der Waals surface area (Å²) in [4.78, 5) is 0. The van der Waals surface area contributed by atoms with Crippen molar-refractivity contribution < 1.29 is 13.9 Å². The summed E-state index contributed by atoms with van der Waals surface area (Å²) in [7, 11) is -1.82. The fraction of sp³-hybridized carbons (Fsp3) is 0.667. The second kappa shape index (κ2) is 6.51. The predicted molar refractivity (Wildman–Crippen MR) is 101 cm³/mol. The first-order valence-electron chi connectivity index (χ1n) is 8.15. The molecule has 130 valence electrons. The molecule has 0 fully saturated rings. The van der Waals surface area contributed by atoms with Gasteiger partial charge in [-0.1, -0.05) is 42.8 Å². The summed E-state index contributed by atoms with van der Waals surface area (Å²) in [5, 5.41) is 0.976. The van der Waals surface area contributed by atoms with Crippen molar-refractivity contribution in [3.63, 3.8) is 0 Å². The third-order valence-electron chi connectivity index (χ3n) is 4.77. The van der Waals surface area contributed by atoms with Gasteiger partial charge in [-0.25, -0.2) is 0 Å². The Kier molecular flexibility index (Phi) is 5.36. The predicted octanol–water partition coefficient (Wildman–Crippen LogP) is 5.79. The Morgan fingerprint density at radius 3 is 2.52 bits per heavy atom. The Morgan fingerprint density at radius 2 is 1.96 bits per heavy atom. The molecule has 23 heavy (non-hydrogen) atoms. The molecule has 0 bridgehead atoms. The molecule has 0 aliphatic carbocycles. The van der Waals surface area contributed by atoms with E-state index < -0.39 is 14.1 Å². The van der Waals surface area contributed by atoms with Crippen LogP contribution < -0.4 is 4.74 Å². The van der Waals surface area contributed by atoms with Gasteiger partial charge in [0.1, 0.15) is 5.75 Å². The maximum Gasteiger partial charge on any atom is 0.205 e. The van der Waals surface area contributed by atoms with E-state index in [1.165, 1.54) is 5.56 Å². The maximum atomic E-state index is 6.58. The highest BCUT2D eigenvalue weighted by molar-refractivity contribution is 9.09. The van der Waals surface area contributed by atoms with Crippen LogP contribution in [0.4, 0.5) is 0 Å². The van der Waals surface area contributed by atoms with Gasteiger partial charge < -0.3 is 13.9 Å². The minimum Gasteiger partial charge on any atom is -0.463 e. The van der Waals surface area contributed by atoms with E-state index in [9.17, 15) is 0 Å². The number of hydrogen-bond acceptors (Lipinski definition) is 3. The number of halogens is 1. The van der Waals surface area contributed by atoms with E-state index in [2.05, 4.69) is 61.9 Å². The van der Waals surface area contributed by atoms with Gasteiger partial charge in [0.2, 0.25) is 5.79 Å². The smallest absolute Gasteiger partial charge is 0.205 e. The van der Waals surface area contributed by atoms with Crippen LogP contribution in [0.3, 0.4) is 0 Å². The molecule has 2 rings (SSSR count). The molecule has 0 saturated heterocycles. The molecule has 1 heterocycles. The van der Waals surface area contributed by atoms with Crippen LogP contribution in [0.1, 0.15) is 51.8 Å². The van der Waals surface area contributed by atoms with Gasteiger partial charge in [0, 0.05) is 24.7 Å². The Hall–Kier alpha value is -0.363. The molecule has 0 radical (unpaired) electrons. The standard InChI is InChI=1S/C18H29BrO3Si/c1-17(2,3)23(6,7)22-16(11-19)13-8-9-15-14(10-13)12-20-18(4,5)21-15/h8-10,16H,11-12H2,1-7H3/t16-/m1/s1. The van der Waals surface area contributed by atoms with E-state index in [1.807, 2.05) is 19.9 Å². The summed E-state index contributed by atoms with van der Waals surface area (Å²) in [6, 6.07) is 6.31. The average Bonchev–Trinajstić information content (AvgIpc) is 2.42. The van der Waals surface area contributed by atoms with E-state index >= 15 is 0 Å². The molecule has 0 aromatic heterocycles. The summed E-state index contributed by atoms with van der Waals surface area (Å²) in [5.41, 5.74) is 2.27. The first-order chi connectivity index (χ1) is 10.5. The van der Waals surface area contributed by atoms with Crippen LogP contribution in [0.2, 0.25) is 18.1 Å². The molecule has 0 amide bonds. The molecule has 5 heteroatoms. The summed E-state index contributed by atoms with van der Waals surface area (Å²) >= 11 is 3.62. The molecule has 0 N–H and O–H groups in total. The van der Waals surface area contributed by atoms with Gasteiger partial charge in [0.15, 0.2) is 8.32 Å². The molecular formula is C18H29BrO3Si. The van der Waals surface area contributed by atoms with E-state index in [-0.39, 0.29) is 11.1 Å². The van der Waals surface area contributed by atoms with Crippen molar-refractivity contribution in [2.45, 2.75) is 71.2 Å². The zero-order valence-electron chi connectivity index (χ0n) is 15.3. The normalized spacial score (nSPS) is 19.0. The third-order valence-corrected chi connectivity index (χ3v) is 9.84. The van der Waals surface area contributed by atoms with Crippen LogP contribution in [0, 0.1) is 0 Å². The minimum atomic E-state index is -1.82. The van der Waals surface area contributed by atoms with Crippen LogP contribution in [0.15, 0.2) is 18.2 Å². The summed E-state index contributed by atoms with van der Waals surface area (Å²) in [5.74, 6) is 0.353. The zero-order valence-corrected chi connectivity index (χ0v) is 17.9. The Bertz CT molecular complexity index is 564. The van der Waals surface area contributed by atoms with Crippen molar-refractivity contribution in [1.82, 2.24) is 0 Å². The van der Waals surface area contributed by atoms with Crippen LogP contribution in [0.5, 0.6) is 5.75 Å². The van der Waals surface area contributed by atoms with Crippen LogP contribution in [0.25, 0.3) is 0 Å². The lowest BCUT2D eigenvalue weighted by Gasteiger charge is -2.39.